The molecule has 2 heterocycles. The van der Waals surface area contributed by atoms with Crippen LogP contribution in [0.2, 0.25) is 0 Å². The number of hydrogen-bond donors (Lipinski definition) is 1. The van der Waals surface area contributed by atoms with E-state index in [2.05, 4.69) is 5.10 Å². The minimum Gasteiger partial charge on any atom is -0.328 e. The van der Waals surface area contributed by atoms with Crippen molar-refractivity contribution >= 4 is 27.8 Å². The number of nitrogens with zero attached hydrogens (tertiary/aromatic N) is 3. The maximum Gasteiger partial charge on any atom is 0.347 e. The second-order valence-electron chi connectivity index (χ2n) is 5.09. The summed E-state index contributed by atoms with van der Waals surface area (Å²) in [5, 5.41) is 4.03. The molecule has 0 bridgehead atoms. The van der Waals surface area contributed by atoms with E-state index in [-0.39, 0.29) is 16.0 Å². The summed E-state index contributed by atoms with van der Waals surface area (Å²) in [6.07, 6.45) is 2.36. The molecule has 3 rings (SSSR count). The summed E-state index contributed by atoms with van der Waals surface area (Å²) in [5.41, 5.74) is 0.215. The van der Waals surface area contributed by atoms with Crippen LogP contribution in [-0.2, 0) is 26.7 Å². The molecule has 2 aromatic rings. The lowest BCUT2D eigenvalue weighted by Gasteiger charge is -2.12. The zero-order valence-corrected chi connectivity index (χ0v) is 13.7. The number of carbonyl (C=O) groups is 3. The number of nitrogens with one attached hydrogen (secondary N) is 1. The van der Waals surface area contributed by atoms with E-state index >= 15 is 0 Å². The van der Waals surface area contributed by atoms with Crippen LogP contribution in [0.5, 0.6) is 0 Å². The van der Waals surface area contributed by atoms with Crippen molar-refractivity contribution in [3.05, 3.63) is 47.8 Å². The second-order valence-corrected chi connectivity index (χ2v) is 6.85. The number of hydroxylamine groups is 2. The molecule has 11 heteroatoms. The number of aryl methyl sites for hydroxylation is 1. The SMILES string of the molecule is Cn1cc(S(=O)(=O)NCC(=O)ON2C(=O)c3ccccc3C2=O)cn1. The molecule has 0 saturated heterocycles. The van der Waals surface area contributed by atoms with E-state index < -0.39 is 34.4 Å². The molecular formula is C14H12N4O6S. The first-order valence-corrected chi connectivity index (χ1v) is 8.45. The van der Waals surface area contributed by atoms with Crippen molar-refractivity contribution in [3.63, 3.8) is 0 Å². The Bertz CT molecular complexity index is 946. The van der Waals surface area contributed by atoms with Crippen LogP contribution in [0.4, 0.5) is 0 Å². The first-order chi connectivity index (χ1) is 11.8. The summed E-state index contributed by atoms with van der Waals surface area (Å²) in [5.74, 6) is -2.69. The molecule has 1 aliphatic heterocycles. The Kier molecular flexibility index (Phi) is 4.10. The van der Waals surface area contributed by atoms with Crippen molar-refractivity contribution in [2.75, 3.05) is 6.54 Å². The minimum absolute atomic E-state index is 0.108. The highest BCUT2D eigenvalue weighted by Crippen LogP contribution is 2.22. The number of sulfonamides is 1. The van der Waals surface area contributed by atoms with Crippen LogP contribution in [0.3, 0.4) is 0 Å². The highest BCUT2D eigenvalue weighted by molar-refractivity contribution is 7.89. The van der Waals surface area contributed by atoms with E-state index in [1.54, 1.807) is 12.1 Å². The van der Waals surface area contributed by atoms with Gasteiger partial charge in [0, 0.05) is 13.2 Å². The minimum atomic E-state index is -3.97. The average molecular weight is 364 g/mol. The molecule has 1 aromatic heterocycles. The van der Waals surface area contributed by atoms with Crippen LogP contribution in [0.15, 0.2) is 41.6 Å². The van der Waals surface area contributed by atoms with Gasteiger partial charge in [-0.1, -0.05) is 17.2 Å². The number of aromatic nitrogens is 2. The van der Waals surface area contributed by atoms with Gasteiger partial charge in [0.1, 0.15) is 11.4 Å². The fourth-order valence-electron chi connectivity index (χ4n) is 2.16. The Hall–Kier alpha value is -3.05. The van der Waals surface area contributed by atoms with Crippen LogP contribution < -0.4 is 4.72 Å². The van der Waals surface area contributed by atoms with Gasteiger partial charge in [0.05, 0.1) is 17.3 Å². The summed E-state index contributed by atoms with van der Waals surface area (Å²) >= 11 is 0. The van der Waals surface area contributed by atoms with E-state index in [4.69, 9.17) is 4.84 Å². The van der Waals surface area contributed by atoms with Gasteiger partial charge < -0.3 is 4.84 Å². The molecule has 0 radical (unpaired) electrons. The molecule has 1 N–H and O–H groups in total. The number of benzene rings is 1. The molecule has 1 aromatic carbocycles. The molecule has 10 nitrogen and oxygen atoms in total. The van der Waals surface area contributed by atoms with Crippen molar-refractivity contribution < 1.29 is 27.6 Å². The van der Waals surface area contributed by atoms with Crippen LogP contribution in [-0.4, -0.2) is 47.6 Å². The van der Waals surface area contributed by atoms with Gasteiger partial charge in [0.2, 0.25) is 10.0 Å². The van der Waals surface area contributed by atoms with E-state index in [1.807, 2.05) is 4.72 Å². The molecular weight excluding hydrogens is 352 g/mol. The number of rotatable bonds is 5. The molecule has 25 heavy (non-hydrogen) atoms. The quantitative estimate of drug-likeness (QED) is 0.705. The lowest BCUT2D eigenvalue weighted by atomic mass is 10.1. The van der Waals surface area contributed by atoms with E-state index in [9.17, 15) is 22.8 Å². The zero-order chi connectivity index (χ0) is 18.2. The first kappa shape index (κ1) is 16.8. The third-order valence-electron chi connectivity index (χ3n) is 3.35. The predicted molar refractivity (Wildman–Crippen MR) is 81.4 cm³/mol. The Labute approximate surface area is 142 Å². The van der Waals surface area contributed by atoms with Gasteiger partial charge in [-0.25, -0.2) is 13.2 Å². The van der Waals surface area contributed by atoms with Gasteiger partial charge >= 0.3 is 5.97 Å². The topological polar surface area (TPSA) is 128 Å². The van der Waals surface area contributed by atoms with Gasteiger partial charge in [0.25, 0.3) is 11.8 Å². The Morgan fingerprint density at radius 3 is 2.32 bits per heavy atom. The van der Waals surface area contributed by atoms with Gasteiger partial charge in [-0.3, -0.25) is 14.3 Å². The van der Waals surface area contributed by atoms with Crippen molar-refractivity contribution in [1.82, 2.24) is 19.6 Å². The fourth-order valence-corrected chi connectivity index (χ4v) is 3.11. The number of fused-ring (bicyclic) bond motifs is 1. The largest absolute Gasteiger partial charge is 0.347 e. The molecule has 0 aliphatic carbocycles. The third kappa shape index (κ3) is 3.14. The van der Waals surface area contributed by atoms with Crippen LogP contribution >= 0.6 is 0 Å². The fraction of sp³-hybridized carbons (Fsp3) is 0.143. The maximum absolute atomic E-state index is 12.0. The monoisotopic (exact) mass is 364 g/mol. The lowest BCUT2D eigenvalue weighted by Crippen LogP contribution is -2.37. The van der Waals surface area contributed by atoms with Crippen LogP contribution in [0.1, 0.15) is 20.7 Å². The normalized spacial score (nSPS) is 13.9. The smallest absolute Gasteiger partial charge is 0.328 e. The molecule has 1 aliphatic rings. The van der Waals surface area contributed by atoms with Crippen molar-refractivity contribution in [3.8, 4) is 0 Å². The summed E-state index contributed by atoms with van der Waals surface area (Å²) < 4.78 is 27.2. The number of hydrogen-bond acceptors (Lipinski definition) is 7. The molecule has 130 valence electrons. The van der Waals surface area contributed by atoms with E-state index in [1.165, 1.54) is 30.1 Å². The summed E-state index contributed by atoms with van der Waals surface area (Å²) in [6.45, 7) is -0.759. The molecule has 0 atom stereocenters. The maximum atomic E-state index is 12.0. The number of imide groups is 1. The second kappa shape index (κ2) is 6.11. The van der Waals surface area contributed by atoms with Crippen molar-refractivity contribution in [2.45, 2.75) is 4.90 Å². The van der Waals surface area contributed by atoms with Gasteiger partial charge in [-0.2, -0.15) is 9.82 Å². The lowest BCUT2D eigenvalue weighted by molar-refractivity contribution is -0.166. The van der Waals surface area contributed by atoms with Crippen molar-refractivity contribution in [2.24, 2.45) is 7.05 Å². The molecule has 2 amide bonds. The van der Waals surface area contributed by atoms with Crippen LogP contribution in [0, 0.1) is 0 Å². The average Bonchev–Trinajstić information content (AvgIpc) is 3.12. The van der Waals surface area contributed by atoms with Crippen molar-refractivity contribution in [1.29, 1.82) is 0 Å². The van der Waals surface area contributed by atoms with Gasteiger partial charge in [-0.15, -0.1) is 0 Å². The van der Waals surface area contributed by atoms with E-state index in [0.717, 1.165) is 6.20 Å². The molecule has 0 fully saturated rings. The zero-order valence-electron chi connectivity index (χ0n) is 12.9. The standard InChI is InChI=1S/C14H12N4O6S/c1-17-8-9(6-15-17)25(22,23)16-7-12(19)24-18-13(20)10-4-2-3-5-11(10)14(18)21/h2-6,8,16H,7H2,1H3. The number of amides is 2. The van der Waals surface area contributed by atoms with Gasteiger partial charge in [-0.05, 0) is 12.1 Å². The van der Waals surface area contributed by atoms with E-state index in [0.29, 0.717) is 5.06 Å². The Morgan fingerprint density at radius 2 is 1.80 bits per heavy atom. The first-order valence-electron chi connectivity index (χ1n) is 6.96. The summed E-state index contributed by atoms with van der Waals surface area (Å²) in [7, 11) is -2.43. The highest BCUT2D eigenvalue weighted by atomic mass is 32.2. The third-order valence-corrected chi connectivity index (χ3v) is 4.70. The van der Waals surface area contributed by atoms with Gasteiger partial charge in [0.15, 0.2) is 0 Å². The Balaban J connectivity index is 1.64. The summed E-state index contributed by atoms with van der Waals surface area (Å²) in [6, 6.07) is 5.98. The number of carbonyl (C=O) groups excluding carboxylic acids is 3. The molecule has 0 saturated carbocycles. The molecule has 0 unspecified atom stereocenters. The van der Waals surface area contributed by atoms with Crippen LogP contribution in [0.25, 0.3) is 0 Å². The Morgan fingerprint density at radius 1 is 1.20 bits per heavy atom. The summed E-state index contributed by atoms with van der Waals surface area (Å²) in [4.78, 5) is 40.5. The predicted octanol–water partition coefficient (Wildman–Crippen LogP) is -0.547. The molecule has 0 spiro atoms. The highest BCUT2D eigenvalue weighted by Gasteiger charge is 2.38.